The predicted octanol–water partition coefficient (Wildman–Crippen LogP) is 3.52. The summed E-state index contributed by atoms with van der Waals surface area (Å²) in [5.41, 5.74) is 2.55. The molecule has 0 saturated heterocycles. The summed E-state index contributed by atoms with van der Waals surface area (Å²) >= 11 is 0. The van der Waals surface area contributed by atoms with Crippen molar-refractivity contribution >= 4 is 32.4 Å². The van der Waals surface area contributed by atoms with Crippen LogP contribution in [0.5, 0.6) is 0 Å². The summed E-state index contributed by atoms with van der Waals surface area (Å²) in [6, 6.07) is 7.00. The number of primary sulfonamides is 1. The molecule has 5 nitrogen and oxygen atoms in total. The quantitative estimate of drug-likeness (QED) is 0.911. The van der Waals surface area contributed by atoms with Crippen LogP contribution in [0.4, 0.5) is 5.69 Å². The van der Waals surface area contributed by atoms with Crippen LogP contribution in [-0.2, 0) is 10.0 Å². The first-order valence-corrected chi connectivity index (χ1v) is 10.4. The second-order valence-corrected chi connectivity index (χ2v) is 8.49. The molecule has 0 atom stereocenters. The van der Waals surface area contributed by atoms with Crippen molar-refractivity contribution in [1.29, 1.82) is 0 Å². The average molecular weight is 358 g/mol. The van der Waals surface area contributed by atoms with Crippen molar-refractivity contribution in [1.82, 2.24) is 0 Å². The first kappa shape index (κ1) is 16.5. The highest BCUT2D eigenvalue weighted by atomic mass is 32.2. The molecular weight excluding hydrogens is 336 g/mol. The fourth-order valence-electron chi connectivity index (χ4n) is 4.43. The molecule has 4 rings (SSSR count). The van der Waals surface area contributed by atoms with Crippen LogP contribution in [0, 0.1) is 0 Å². The SMILES string of the molecule is CCN1C(=O)c2c(C3CCCCC3)ccc3c(S(N)(=O)=O)ccc1c23. The molecule has 1 aliphatic carbocycles. The maximum absolute atomic E-state index is 13.1. The lowest BCUT2D eigenvalue weighted by atomic mass is 9.81. The zero-order valence-corrected chi connectivity index (χ0v) is 15.1. The Kier molecular flexibility index (Phi) is 3.85. The number of rotatable bonds is 3. The van der Waals surface area contributed by atoms with E-state index < -0.39 is 10.0 Å². The maximum Gasteiger partial charge on any atom is 0.259 e. The minimum absolute atomic E-state index is 0.0183. The molecule has 2 aromatic carbocycles. The van der Waals surface area contributed by atoms with Gasteiger partial charge in [0.05, 0.1) is 16.1 Å². The van der Waals surface area contributed by atoms with E-state index in [2.05, 4.69) is 0 Å². The maximum atomic E-state index is 13.1. The van der Waals surface area contributed by atoms with Crippen LogP contribution < -0.4 is 10.0 Å². The summed E-state index contributed by atoms with van der Waals surface area (Å²) in [6.07, 6.45) is 5.77. The van der Waals surface area contributed by atoms with E-state index in [1.165, 1.54) is 25.3 Å². The van der Waals surface area contributed by atoms with Gasteiger partial charge in [-0.1, -0.05) is 31.4 Å². The van der Waals surface area contributed by atoms with Gasteiger partial charge in [0.15, 0.2) is 0 Å². The molecular formula is C19H22N2O3S. The van der Waals surface area contributed by atoms with Crippen LogP contribution >= 0.6 is 0 Å². The minimum Gasteiger partial charge on any atom is -0.308 e. The van der Waals surface area contributed by atoms with Gasteiger partial charge in [0.2, 0.25) is 10.0 Å². The van der Waals surface area contributed by atoms with Crippen LogP contribution in [0.3, 0.4) is 0 Å². The van der Waals surface area contributed by atoms with Crippen LogP contribution in [0.25, 0.3) is 10.8 Å². The topological polar surface area (TPSA) is 80.5 Å². The molecule has 1 fully saturated rings. The van der Waals surface area contributed by atoms with Crippen molar-refractivity contribution in [3.8, 4) is 0 Å². The number of anilines is 1. The van der Waals surface area contributed by atoms with Gasteiger partial charge in [0, 0.05) is 17.3 Å². The van der Waals surface area contributed by atoms with Crippen molar-refractivity contribution in [3.63, 3.8) is 0 Å². The summed E-state index contributed by atoms with van der Waals surface area (Å²) in [6.45, 7) is 2.49. The van der Waals surface area contributed by atoms with Crippen LogP contribution in [-0.4, -0.2) is 20.9 Å². The minimum atomic E-state index is -3.84. The molecule has 1 amide bonds. The Morgan fingerprint density at radius 2 is 1.84 bits per heavy atom. The number of sulfonamides is 1. The second-order valence-electron chi connectivity index (χ2n) is 6.96. The fourth-order valence-corrected chi connectivity index (χ4v) is 5.17. The molecule has 2 aliphatic rings. The smallest absolute Gasteiger partial charge is 0.259 e. The molecule has 132 valence electrons. The number of hydrogen-bond acceptors (Lipinski definition) is 3. The Morgan fingerprint density at radius 1 is 1.12 bits per heavy atom. The number of benzene rings is 2. The van der Waals surface area contributed by atoms with E-state index in [9.17, 15) is 13.2 Å². The number of carbonyl (C=O) groups excluding carboxylic acids is 1. The summed E-state index contributed by atoms with van der Waals surface area (Å²) < 4.78 is 24.0. The number of carbonyl (C=O) groups is 1. The molecule has 6 heteroatoms. The number of amides is 1. The summed E-state index contributed by atoms with van der Waals surface area (Å²) in [5, 5.41) is 6.71. The Balaban J connectivity index is 2.03. The number of hydrogen-bond donors (Lipinski definition) is 1. The van der Waals surface area contributed by atoms with Gasteiger partial charge in [-0.2, -0.15) is 0 Å². The average Bonchev–Trinajstić information content (AvgIpc) is 2.89. The number of nitrogens with two attached hydrogens (primary N) is 1. The van der Waals surface area contributed by atoms with E-state index in [4.69, 9.17) is 5.14 Å². The molecule has 0 spiro atoms. The zero-order valence-electron chi connectivity index (χ0n) is 14.3. The highest BCUT2D eigenvalue weighted by Gasteiger charge is 2.35. The molecule has 0 unspecified atom stereocenters. The van der Waals surface area contributed by atoms with Crippen LogP contribution in [0.1, 0.15) is 60.9 Å². The van der Waals surface area contributed by atoms with Gasteiger partial charge in [0.1, 0.15) is 0 Å². The lowest BCUT2D eigenvalue weighted by molar-refractivity contribution is 0.0993. The molecule has 1 saturated carbocycles. The largest absolute Gasteiger partial charge is 0.308 e. The van der Waals surface area contributed by atoms with Gasteiger partial charge in [-0.05, 0) is 43.4 Å². The summed E-state index contributed by atoms with van der Waals surface area (Å²) in [4.78, 5) is 14.9. The Morgan fingerprint density at radius 3 is 2.48 bits per heavy atom. The van der Waals surface area contributed by atoms with Gasteiger partial charge in [-0.3, -0.25) is 4.79 Å². The molecule has 0 radical (unpaired) electrons. The lowest BCUT2D eigenvalue weighted by Gasteiger charge is -2.24. The van der Waals surface area contributed by atoms with E-state index in [0.29, 0.717) is 23.4 Å². The van der Waals surface area contributed by atoms with E-state index >= 15 is 0 Å². The monoisotopic (exact) mass is 358 g/mol. The Hall–Kier alpha value is -1.92. The molecule has 1 heterocycles. The number of nitrogens with zero attached hydrogens (tertiary/aromatic N) is 1. The molecule has 0 aromatic heterocycles. The zero-order chi connectivity index (χ0) is 17.8. The van der Waals surface area contributed by atoms with Gasteiger partial charge >= 0.3 is 0 Å². The van der Waals surface area contributed by atoms with E-state index in [-0.39, 0.29) is 10.8 Å². The standard InChI is InChI=1S/C19H22N2O3S/c1-2-21-15-10-11-16(25(20,23)24)14-9-8-13(12-6-4-3-5-7-12)18(17(14)15)19(21)22/h8-12H,2-7H2,1H3,(H2,20,23,24). The highest BCUT2D eigenvalue weighted by molar-refractivity contribution is 7.89. The molecule has 2 N–H and O–H groups in total. The Labute approximate surface area is 147 Å². The lowest BCUT2D eigenvalue weighted by Crippen LogP contribution is -2.27. The summed E-state index contributed by atoms with van der Waals surface area (Å²) in [7, 11) is -3.84. The first-order valence-electron chi connectivity index (χ1n) is 8.87. The third-order valence-electron chi connectivity index (χ3n) is 5.57. The van der Waals surface area contributed by atoms with Gasteiger partial charge in [-0.15, -0.1) is 0 Å². The first-order chi connectivity index (χ1) is 11.9. The molecule has 1 aliphatic heterocycles. The van der Waals surface area contributed by atoms with E-state index in [0.717, 1.165) is 29.5 Å². The predicted molar refractivity (Wildman–Crippen MR) is 98.5 cm³/mol. The van der Waals surface area contributed by atoms with Crippen LogP contribution in [0.15, 0.2) is 29.2 Å². The summed E-state index contributed by atoms with van der Waals surface area (Å²) in [5.74, 6) is 0.357. The van der Waals surface area contributed by atoms with Crippen molar-refractivity contribution < 1.29 is 13.2 Å². The molecule has 2 aromatic rings. The van der Waals surface area contributed by atoms with E-state index in [1.54, 1.807) is 11.0 Å². The normalized spacial score (nSPS) is 18.3. The van der Waals surface area contributed by atoms with Crippen molar-refractivity contribution in [2.75, 3.05) is 11.4 Å². The van der Waals surface area contributed by atoms with Crippen molar-refractivity contribution in [3.05, 3.63) is 35.4 Å². The van der Waals surface area contributed by atoms with Crippen molar-refractivity contribution in [2.45, 2.75) is 49.8 Å². The highest BCUT2D eigenvalue weighted by Crippen LogP contribution is 2.45. The van der Waals surface area contributed by atoms with Gasteiger partial charge in [-0.25, -0.2) is 13.6 Å². The fraction of sp³-hybridized carbons (Fsp3) is 0.421. The third kappa shape index (κ3) is 2.47. The van der Waals surface area contributed by atoms with Gasteiger partial charge in [0.25, 0.3) is 5.91 Å². The van der Waals surface area contributed by atoms with E-state index in [1.807, 2.05) is 19.1 Å². The second kappa shape index (κ2) is 5.81. The van der Waals surface area contributed by atoms with Crippen molar-refractivity contribution in [2.24, 2.45) is 5.14 Å². The molecule has 0 bridgehead atoms. The van der Waals surface area contributed by atoms with Gasteiger partial charge < -0.3 is 4.90 Å². The Bertz CT molecular complexity index is 976. The molecule has 25 heavy (non-hydrogen) atoms. The van der Waals surface area contributed by atoms with Crippen LogP contribution in [0.2, 0.25) is 0 Å². The third-order valence-corrected chi connectivity index (χ3v) is 6.54.